The molecule has 4 aromatic rings. The van der Waals surface area contributed by atoms with E-state index in [1.807, 2.05) is 6.07 Å². The van der Waals surface area contributed by atoms with Crippen molar-refractivity contribution in [1.29, 1.82) is 5.26 Å². The summed E-state index contributed by atoms with van der Waals surface area (Å²) in [5.41, 5.74) is 3.27. The van der Waals surface area contributed by atoms with Gasteiger partial charge in [-0.05, 0) is 30.3 Å². The van der Waals surface area contributed by atoms with E-state index in [0.29, 0.717) is 45.8 Å². The fraction of sp³-hybridized carbons (Fsp3) is 0.0952. The molecule has 0 bridgehead atoms. The number of H-pyrrole nitrogens is 1. The van der Waals surface area contributed by atoms with Gasteiger partial charge in [0, 0.05) is 28.5 Å². The Hall–Kier alpha value is -3.67. The number of imidazole rings is 1. The molecule has 3 heterocycles. The number of nitrogens with one attached hydrogen (secondary N) is 2. The van der Waals surface area contributed by atoms with Crippen molar-refractivity contribution >= 4 is 29.0 Å². The average molecular weight is 452 g/mol. The number of aromatic nitrogens is 5. The molecule has 0 amide bonds. The number of ether oxygens (including phenoxy) is 1. The van der Waals surface area contributed by atoms with Gasteiger partial charge in [0.25, 0.3) is 0 Å². The fourth-order valence-electron chi connectivity index (χ4n) is 2.81. The number of benzene rings is 1. The third kappa shape index (κ3) is 4.91. The summed E-state index contributed by atoms with van der Waals surface area (Å²) < 4.78 is 5.71. The number of hydrogen-bond donors (Lipinski definition) is 2. The standard InChI is InChI=1S/C21H15Cl2N7O/c22-14-2-3-15(17(23)7-14)20-16(18-11-25-12-29-18)10-28-21(30-20)31-6-5-26-19-4-1-13(8-24)9-27-19/h1-4,7,9-12H,5-6H2,(H,25,29)(H,26,27). The molecule has 8 nitrogen and oxygen atoms in total. The molecule has 0 aliphatic heterocycles. The van der Waals surface area contributed by atoms with Crippen LogP contribution in [-0.4, -0.2) is 38.1 Å². The number of rotatable bonds is 7. The van der Waals surface area contributed by atoms with Crippen molar-refractivity contribution in [2.24, 2.45) is 0 Å². The van der Waals surface area contributed by atoms with Crippen LogP contribution in [0.3, 0.4) is 0 Å². The van der Waals surface area contributed by atoms with E-state index in [1.54, 1.807) is 49.1 Å². The normalized spacial score (nSPS) is 10.5. The molecular formula is C21H15Cl2N7O. The first-order valence-electron chi connectivity index (χ1n) is 9.18. The van der Waals surface area contributed by atoms with Gasteiger partial charge < -0.3 is 15.0 Å². The maximum Gasteiger partial charge on any atom is 0.316 e. The number of hydrogen-bond acceptors (Lipinski definition) is 7. The largest absolute Gasteiger partial charge is 0.462 e. The van der Waals surface area contributed by atoms with Crippen LogP contribution in [0.15, 0.2) is 55.2 Å². The molecule has 0 spiro atoms. The zero-order chi connectivity index (χ0) is 21.6. The molecule has 0 aliphatic rings. The molecule has 0 saturated heterocycles. The van der Waals surface area contributed by atoms with Crippen LogP contribution in [0.25, 0.3) is 22.5 Å². The maximum absolute atomic E-state index is 8.82. The average Bonchev–Trinajstić information content (AvgIpc) is 3.32. The molecule has 0 unspecified atom stereocenters. The second-order valence-electron chi connectivity index (χ2n) is 6.32. The zero-order valence-electron chi connectivity index (χ0n) is 16.0. The molecule has 3 aromatic heterocycles. The smallest absolute Gasteiger partial charge is 0.316 e. The molecule has 0 atom stereocenters. The van der Waals surface area contributed by atoms with Crippen LogP contribution in [0.5, 0.6) is 6.01 Å². The van der Waals surface area contributed by atoms with Crippen LogP contribution in [-0.2, 0) is 0 Å². The molecule has 154 valence electrons. The van der Waals surface area contributed by atoms with E-state index in [2.05, 4.69) is 30.2 Å². The van der Waals surface area contributed by atoms with Gasteiger partial charge in [0.15, 0.2) is 0 Å². The Morgan fingerprint density at radius 2 is 1.97 bits per heavy atom. The Morgan fingerprint density at radius 3 is 2.68 bits per heavy atom. The minimum atomic E-state index is 0.207. The molecule has 0 radical (unpaired) electrons. The van der Waals surface area contributed by atoms with Crippen LogP contribution in [0.2, 0.25) is 10.0 Å². The summed E-state index contributed by atoms with van der Waals surface area (Å²) in [5, 5.41) is 12.9. The van der Waals surface area contributed by atoms with Crippen molar-refractivity contribution in [3.05, 3.63) is 70.9 Å². The van der Waals surface area contributed by atoms with Gasteiger partial charge >= 0.3 is 6.01 Å². The highest BCUT2D eigenvalue weighted by Crippen LogP contribution is 2.35. The van der Waals surface area contributed by atoms with Crippen LogP contribution in [0.4, 0.5) is 5.82 Å². The van der Waals surface area contributed by atoms with Crippen molar-refractivity contribution < 1.29 is 4.74 Å². The van der Waals surface area contributed by atoms with Crippen molar-refractivity contribution in [3.8, 4) is 34.6 Å². The van der Waals surface area contributed by atoms with Gasteiger partial charge in [-0.25, -0.2) is 15.0 Å². The number of halogens is 2. The quantitative estimate of drug-likeness (QED) is 0.394. The van der Waals surface area contributed by atoms with E-state index < -0.39 is 0 Å². The lowest BCUT2D eigenvalue weighted by atomic mass is 10.1. The number of nitrogens with zero attached hydrogens (tertiary/aromatic N) is 5. The third-order valence-corrected chi connectivity index (χ3v) is 4.82. The SMILES string of the molecule is N#Cc1ccc(NCCOc2ncc(-c3cnc[nH]3)c(-c3ccc(Cl)cc3Cl)n2)nc1. The summed E-state index contributed by atoms with van der Waals surface area (Å²) in [6, 6.07) is 10.9. The summed E-state index contributed by atoms with van der Waals surface area (Å²) in [5.74, 6) is 0.645. The zero-order valence-corrected chi connectivity index (χ0v) is 17.5. The first-order chi connectivity index (χ1) is 15.1. The number of aromatic amines is 1. The Labute approximate surface area is 187 Å². The summed E-state index contributed by atoms with van der Waals surface area (Å²) in [6.07, 6.45) is 6.42. The lowest BCUT2D eigenvalue weighted by Gasteiger charge is -2.12. The Kier molecular flexibility index (Phi) is 6.26. The Bertz CT molecular complexity index is 1220. The molecule has 0 fully saturated rings. The molecule has 2 N–H and O–H groups in total. The van der Waals surface area contributed by atoms with Crippen molar-refractivity contribution in [1.82, 2.24) is 24.9 Å². The third-order valence-electron chi connectivity index (χ3n) is 4.27. The van der Waals surface area contributed by atoms with Gasteiger partial charge in [-0.3, -0.25) is 0 Å². The van der Waals surface area contributed by atoms with Crippen molar-refractivity contribution in [2.75, 3.05) is 18.5 Å². The van der Waals surface area contributed by atoms with Crippen molar-refractivity contribution in [3.63, 3.8) is 0 Å². The number of pyridine rings is 1. The second-order valence-corrected chi connectivity index (χ2v) is 7.17. The van der Waals surface area contributed by atoms with E-state index in [4.69, 9.17) is 33.2 Å². The van der Waals surface area contributed by atoms with Gasteiger partial charge in [0.05, 0.1) is 41.0 Å². The maximum atomic E-state index is 8.82. The first-order valence-corrected chi connectivity index (χ1v) is 9.93. The van der Waals surface area contributed by atoms with Gasteiger partial charge in [0.1, 0.15) is 18.5 Å². The lowest BCUT2D eigenvalue weighted by molar-refractivity contribution is 0.306. The predicted molar refractivity (Wildman–Crippen MR) is 118 cm³/mol. The molecule has 10 heteroatoms. The molecule has 0 saturated carbocycles. The van der Waals surface area contributed by atoms with Crippen LogP contribution in [0, 0.1) is 11.3 Å². The molecule has 4 rings (SSSR count). The summed E-state index contributed by atoms with van der Waals surface area (Å²) in [6.45, 7) is 0.778. The summed E-state index contributed by atoms with van der Waals surface area (Å²) in [4.78, 5) is 20.1. The summed E-state index contributed by atoms with van der Waals surface area (Å²) in [7, 11) is 0. The number of anilines is 1. The van der Waals surface area contributed by atoms with E-state index in [9.17, 15) is 0 Å². The molecule has 31 heavy (non-hydrogen) atoms. The van der Waals surface area contributed by atoms with Gasteiger partial charge in [-0.1, -0.05) is 23.2 Å². The highest BCUT2D eigenvalue weighted by Gasteiger charge is 2.16. The lowest BCUT2D eigenvalue weighted by Crippen LogP contribution is -2.13. The molecular weight excluding hydrogens is 437 g/mol. The fourth-order valence-corrected chi connectivity index (χ4v) is 3.31. The monoisotopic (exact) mass is 451 g/mol. The minimum Gasteiger partial charge on any atom is -0.462 e. The van der Waals surface area contributed by atoms with E-state index in [-0.39, 0.29) is 6.01 Å². The van der Waals surface area contributed by atoms with E-state index in [1.165, 1.54) is 6.20 Å². The van der Waals surface area contributed by atoms with Gasteiger partial charge in [-0.15, -0.1) is 0 Å². The Balaban J connectivity index is 1.51. The predicted octanol–water partition coefficient (Wildman–Crippen LogP) is 4.60. The molecule has 0 aliphatic carbocycles. The number of nitriles is 1. The van der Waals surface area contributed by atoms with E-state index >= 15 is 0 Å². The van der Waals surface area contributed by atoms with Crippen LogP contribution in [0.1, 0.15) is 5.56 Å². The van der Waals surface area contributed by atoms with Crippen molar-refractivity contribution in [2.45, 2.75) is 0 Å². The van der Waals surface area contributed by atoms with Gasteiger partial charge in [0.2, 0.25) is 0 Å². The highest BCUT2D eigenvalue weighted by atomic mass is 35.5. The second kappa shape index (κ2) is 9.43. The molecule has 1 aromatic carbocycles. The highest BCUT2D eigenvalue weighted by molar-refractivity contribution is 6.36. The minimum absolute atomic E-state index is 0.207. The van der Waals surface area contributed by atoms with E-state index in [0.717, 1.165) is 11.3 Å². The summed E-state index contributed by atoms with van der Waals surface area (Å²) >= 11 is 12.5. The van der Waals surface area contributed by atoms with Crippen LogP contribution < -0.4 is 10.1 Å². The Morgan fingerprint density at radius 1 is 1.06 bits per heavy atom. The first kappa shape index (κ1) is 20.6. The van der Waals surface area contributed by atoms with Gasteiger partial charge in [-0.2, -0.15) is 10.2 Å². The van der Waals surface area contributed by atoms with Crippen LogP contribution >= 0.6 is 23.2 Å². The topological polar surface area (TPSA) is 112 Å².